The number of nitro benzene ring substituents is 1. The Labute approximate surface area is 222 Å². The van der Waals surface area contributed by atoms with Crippen LogP contribution in [-0.4, -0.2) is 41.9 Å². The number of alkyl halides is 3. The van der Waals surface area contributed by atoms with E-state index in [1.807, 2.05) is 42.5 Å². The Bertz CT molecular complexity index is 1350. The molecule has 4 rings (SSSR count). The number of nitro groups is 1. The number of rotatable bonds is 10. The fourth-order valence-corrected chi connectivity index (χ4v) is 4.72. The number of hydrogen-bond donors (Lipinski definition) is 2. The zero-order chi connectivity index (χ0) is 28.0. The minimum atomic E-state index is -4.83. The Morgan fingerprint density at radius 3 is 2.38 bits per heavy atom. The Morgan fingerprint density at radius 1 is 0.974 bits per heavy atom. The zero-order valence-electron chi connectivity index (χ0n) is 21.0. The van der Waals surface area contributed by atoms with E-state index < -0.39 is 34.0 Å². The minimum Gasteiger partial charge on any atom is -0.382 e. The fraction of sp³-hybridized carbons (Fsp3) is 0.357. The van der Waals surface area contributed by atoms with Crippen LogP contribution in [0.15, 0.2) is 60.7 Å². The number of halogens is 3. The van der Waals surface area contributed by atoms with Crippen molar-refractivity contribution in [2.45, 2.75) is 50.4 Å². The average molecular weight is 544 g/mol. The first kappa shape index (κ1) is 28.0. The summed E-state index contributed by atoms with van der Waals surface area (Å²) in [4.78, 5) is 34.4. The molecule has 0 saturated heterocycles. The first-order valence-electron chi connectivity index (χ1n) is 12.6. The van der Waals surface area contributed by atoms with Crippen molar-refractivity contribution in [1.82, 2.24) is 5.32 Å². The molecule has 0 aliphatic heterocycles. The van der Waals surface area contributed by atoms with Crippen LogP contribution in [0.5, 0.6) is 0 Å². The topological polar surface area (TPSA) is 111 Å². The normalized spacial score (nSPS) is 17.5. The molecule has 1 aliphatic rings. The number of carbonyl (C=O) groups is 2. The Kier molecular flexibility index (Phi) is 8.80. The summed E-state index contributed by atoms with van der Waals surface area (Å²) in [5, 5.41) is 18.6. The standard InChI is InChI=1S/C28H28F3N3O5/c29-28(30,31)24-17-22(9-12-25(24)34(37)38)33-21-7-10-23(11-8-21)39-14-13-32-27(36)26(35)16-18-5-6-19-3-1-2-4-20(19)15-18/h1-6,9,12,15,17,21,23,33H,7-8,10-11,13-14,16H2,(H,32,36). The molecule has 1 amide bonds. The van der Waals surface area contributed by atoms with Crippen molar-refractivity contribution >= 4 is 33.8 Å². The van der Waals surface area contributed by atoms with E-state index in [9.17, 15) is 32.9 Å². The van der Waals surface area contributed by atoms with Crippen LogP contribution >= 0.6 is 0 Å². The molecule has 1 fully saturated rings. The van der Waals surface area contributed by atoms with Gasteiger partial charge in [-0.3, -0.25) is 19.7 Å². The third kappa shape index (κ3) is 7.53. The summed E-state index contributed by atoms with van der Waals surface area (Å²) < 4.78 is 45.5. The van der Waals surface area contributed by atoms with Crippen LogP contribution in [0.2, 0.25) is 0 Å². The van der Waals surface area contributed by atoms with Gasteiger partial charge in [0.2, 0.25) is 5.78 Å². The van der Waals surface area contributed by atoms with Gasteiger partial charge in [0.25, 0.3) is 11.6 Å². The zero-order valence-corrected chi connectivity index (χ0v) is 21.0. The molecule has 3 aromatic rings. The van der Waals surface area contributed by atoms with E-state index in [2.05, 4.69) is 10.6 Å². The number of ether oxygens (including phenoxy) is 1. The van der Waals surface area contributed by atoms with Gasteiger partial charge in [0.05, 0.1) is 17.6 Å². The monoisotopic (exact) mass is 543 g/mol. The molecule has 39 heavy (non-hydrogen) atoms. The van der Waals surface area contributed by atoms with Gasteiger partial charge in [-0.05, 0) is 54.2 Å². The summed E-state index contributed by atoms with van der Waals surface area (Å²) in [5.41, 5.74) is -1.33. The number of Topliss-reactive ketones (excluding diaryl/α,β-unsaturated/α-hetero) is 1. The highest BCUT2D eigenvalue weighted by molar-refractivity contribution is 6.36. The third-order valence-electron chi connectivity index (χ3n) is 6.72. The van der Waals surface area contributed by atoms with Crippen LogP contribution in [-0.2, 0) is 26.9 Å². The van der Waals surface area contributed by atoms with Crippen LogP contribution in [0.25, 0.3) is 10.8 Å². The Morgan fingerprint density at radius 2 is 1.69 bits per heavy atom. The van der Waals surface area contributed by atoms with Gasteiger partial charge < -0.3 is 15.4 Å². The molecule has 0 aromatic heterocycles. The van der Waals surface area contributed by atoms with E-state index in [-0.39, 0.29) is 37.4 Å². The maximum absolute atomic E-state index is 13.2. The predicted octanol–water partition coefficient (Wildman–Crippen LogP) is 5.43. The molecule has 0 unspecified atom stereocenters. The van der Waals surface area contributed by atoms with E-state index in [0.29, 0.717) is 25.7 Å². The molecule has 0 spiro atoms. The lowest BCUT2D eigenvalue weighted by Crippen LogP contribution is -2.36. The highest BCUT2D eigenvalue weighted by Gasteiger charge is 2.38. The molecule has 11 heteroatoms. The molecule has 0 atom stereocenters. The van der Waals surface area contributed by atoms with E-state index in [4.69, 9.17) is 4.74 Å². The molecule has 0 radical (unpaired) electrons. The van der Waals surface area contributed by atoms with E-state index >= 15 is 0 Å². The summed E-state index contributed by atoms with van der Waals surface area (Å²) in [5.74, 6) is -1.20. The highest BCUT2D eigenvalue weighted by Crippen LogP contribution is 2.38. The van der Waals surface area contributed by atoms with Crippen molar-refractivity contribution in [2.75, 3.05) is 18.5 Å². The molecule has 1 aliphatic carbocycles. The second-order valence-electron chi connectivity index (χ2n) is 9.51. The summed E-state index contributed by atoms with van der Waals surface area (Å²) in [6, 6.07) is 16.2. The van der Waals surface area contributed by atoms with Crippen molar-refractivity contribution in [3.63, 3.8) is 0 Å². The molecule has 0 heterocycles. The number of carbonyl (C=O) groups excluding carboxylic acids is 2. The van der Waals surface area contributed by atoms with Crippen LogP contribution in [0.1, 0.15) is 36.8 Å². The summed E-state index contributed by atoms with van der Waals surface area (Å²) in [7, 11) is 0. The second-order valence-corrected chi connectivity index (χ2v) is 9.51. The van der Waals surface area contributed by atoms with E-state index in [1.165, 1.54) is 6.07 Å². The predicted molar refractivity (Wildman–Crippen MR) is 139 cm³/mol. The Hall–Kier alpha value is -3.99. The van der Waals surface area contributed by atoms with Crippen molar-refractivity contribution < 1.29 is 32.4 Å². The smallest absolute Gasteiger partial charge is 0.382 e. The molecule has 1 saturated carbocycles. The lowest BCUT2D eigenvalue weighted by Gasteiger charge is -2.30. The lowest BCUT2D eigenvalue weighted by atomic mass is 9.92. The molecule has 8 nitrogen and oxygen atoms in total. The molecule has 0 bridgehead atoms. The lowest BCUT2D eigenvalue weighted by molar-refractivity contribution is -0.388. The van der Waals surface area contributed by atoms with Gasteiger partial charge in [-0.2, -0.15) is 13.2 Å². The first-order chi connectivity index (χ1) is 18.6. The minimum absolute atomic E-state index is 0.00770. The van der Waals surface area contributed by atoms with Gasteiger partial charge in [-0.25, -0.2) is 0 Å². The van der Waals surface area contributed by atoms with Crippen molar-refractivity contribution in [2.24, 2.45) is 0 Å². The summed E-state index contributed by atoms with van der Waals surface area (Å²) in [6.07, 6.45) is -2.30. The van der Waals surface area contributed by atoms with E-state index in [0.717, 1.165) is 28.5 Å². The second kappa shape index (κ2) is 12.2. The number of fused-ring (bicyclic) bond motifs is 1. The fourth-order valence-electron chi connectivity index (χ4n) is 4.72. The van der Waals surface area contributed by atoms with Gasteiger partial charge in [0.15, 0.2) is 0 Å². The van der Waals surface area contributed by atoms with Crippen molar-refractivity contribution in [3.8, 4) is 0 Å². The molecule has 2 N–H and O–H groups in total. The largest absolute Gasteiger partial charge is 0.423 e. The third-order valence-corrected chi connectivity index (χ3v) is 6.72. The number of hydrogen-bond acceptors (Lipinski definition) is 6. The van der Waals surface area contributed by atoms with Crippen molar-refractivity contribution in [3.05, 3.63) is 81.9 Å². The maximum Gasteiger partial charge on any atom is 0.423 e. The van der Waals surface area contributed by atoms with Gasteiger partial charge in [0, 0.05) is 30.8 Å². The molecular weight excluding hydrogens is 515 g/mol. The quantitative estimate of drug-likeness (QED) is 0.153. The Balaban J connectivity index is 1.16. The molecule has 206 valence electrons. The number of ketones is 1. The molecule has 3 aromatic carbocycles. The van der Waals surface area contributed by atoms with Gasteiger partial charge in [0.1, 0.15) is 5.56 Å². The summed E-state index contributed by atoms with van der Waals surface area (Å²) in [6.45, 7) is 0.415. The van der Waals surface area contributed by atoms with Crippen LogP contribution < -0.4 is 10.6 Å². The van der Waals surface area contributed by atoms with Crippen LogP contribution in [0, 0.1) is 10.1 Å². The number of nitrogens with one attached hydrogen (secondary N) is 2. The average Bonchev–Trinajstić information content (AvgIpc) is 2.91. The van der Waals surface area contributed by atoms with Gasteiger partial charge in [-0.15, -0.1) is 0 Å². The van der Waals surface area contributed by atoms with E-state index in [1.54, 1.807) is 0 Å². The number of amides is 1. The van der Waals surface area contributed by atoms with Crippen LogP contribution in [0.3, 0.4) is 0 Å². The molecular formula is C28H28F3N3O5. The summed E-state index contributed by atoms with van der Waals surface area (Å²) >= 11 is 0. The number of nitrogens with zero attached hydrogens (tertiary/aromatic N) is 1. The number of anilines is 1. The SMILES string of the molecule is O=C(Cc1ccc2ccccc2c1)C(=O)NCCOC1CCC(Nc2ccc([N+](=O)[O-])c(C(F)(F)F)c2)CC1. The first-order valence-corrected chi connectivity index (χ1v) is 12.6. The van der Waals surface area contributed by atoms with Gasteiger partial charge in [-0.1, -0.05) is 42.5 Å². The van der Waals surface area contributed by atoms with Gasteiger partial charge >= 0.3 is 6.18 Å². The van der Waals surface area contributed by atoms with Crippen LogP contribution in [0.4, 0.5) is 24.5 Å². The highest BCUT2D eigenvalue weighted by atomic mass is 19.4. The van der Waals surface area contributed by atoms with Crippen molar-refractivity contribution in [1.29, 1.82) is 0 Å². The maximum atomic E-state index is 13.2. The number of benzene rings is 3.